The average molecular weight is 226 g/mol. The maximum absolute atomic E-state index is 11.9. The molecule has 0 aliphatic rings. The summed E-state index contributed by atoms with van der Waals surface area (Å²) in [5.41, 5.74) is 7.49. The second-order valence-electron chi connectivity index (χ2n) is 4.11. The van der Waals surface area contributed by atoms with Crippen molar-refractivity contribution in [2.24, 2.45) is 5.73 Å². The molecule has 0 aromatic carbocycles. The molecule has 0 atom stereocenters. The lowest BCUT2D eigenvalue weighted by Crippen LogP contribution is -2.28. The Bertz CT molecular complexity index is 234. The number of hydrogen-bond acceptors (Lipinski definition) is 2. The van der Waals surface area contributed by atoms with Crippen LogP contribution in [0.1, 0.15) is 59.3 Å². The van der Waals surface area contributed by atoms with Gasteiger partial charge in [-0.15, -0.1) is 0 Å². The molecule has 0 saturated carbocycles. The Morgan fingerprint density at radius 1 is 1.06 bits per heavy atom. The largest absolute Gasteiger partial charge is 0.402 e. The Morgan fingerprint density at radius 3 is 2.19 bits per heavy atom. The van der Waals surface area contributed by atoms with Gasteiger partial charge in [-0.1, -0.05) is 40.0 Å². The van der Waals surface area contributed by atoms with Gasteiger partial charge in [0.05, 0.1) is 0 Å². The van der Waals surface area contributed by atoms with Gasteiger partial charge >= 0.3 is 0 Å². The summed E-state index contributed by atoms with van der Waals surface area (Å²) in [7, 11) is 0. The Hall–Kier alpha value is -0.990. The van der Waals surface area contributed by atoms with Crippen LogP contribution in [-0.2, 0) is 4.79 Å². The molecule has 0 unspecified atom stereocenters. The molecule has 0 aliphatic heterocycles. The van der Waals surface area contributed by atoms with Crippen molar-refractivity contribution in [3.05, 3.63) is 11.3 Å². The van der Waals surface area contributed by atoms with Gasteiger partial charge in [0.2, 0.25) is 5.91 Å². The van der Waals surface area contributed by atoms with Crippen LogP contribution in [0, 0.1) is 0 Å². The molecule has 0 spiro atoms. The van der Waals surface area contributed by atoms with Gasteiger partial charge in [0, 0.05) is 17.8 Å². The minimum absolute atomic E-state index is 0.0289. The number of rotatable bonds is 8. The number of nitrogens with one attached hydrogen (secondary N) is 1. The number of unbranched alkanes of at least 4 members (excludes halogenated alkanes) is 1. The number of hydrogen-bond donors (Lipinski definition) is 2. The highest BCUT2D eigenvalue weighted by atomic mass is 16.1. The lowest BCUT2D eigenvalue weighted by Gasteiger charge is -2.11. The SMILES string of the molecule is CCCCNC(=O)/C(CCC)=C(\N)CCC. The van der Waals surface area contributed by atoms with E-state index in [0.717, 1.165) is 56.3 Å². The van der Waals surface area contributed by atoms with Crippen molar-refractivity contribution >= 4 is 5.91 Å². The molecule has 0 fully saturated rings. The zero-order valence-electron chi connectivity index (χ0n) is 10.9. The first-order chi connectivity index (χ1) is 7.67. The maximum Gasteiger partial charge on any atom is 0.248 e. The number of carbonyl (C=O) groups excluding carboxylic acids is 1. The quantitative estimate of drug-likeness (QED) is 0.494. The van der Waals surface area contributed by atoms with Crippen LogP contribution in [0.2, 0.25) is 0 Å². The molecule has 0 aromatic heterocycles. The van der Waals surface area contributed by atoms with Crippen molar-refractivity contribution in [3.63, 3.8) is 0 Å². The predicted molar refractivity (Wildman–Crippen MR) is 68.9 cm³/mol. The van der Waals surface area contributed by atoms with Crippen molar-refractivity contribution in [2.75, 3.05) is 6.54 Å². The summed E-state index contributed by atoms with van der Waals surface area (Å²) in [5.74, 6) is 0.0289. The molecule has 0 heterocycles. The van der Waals surface area contributed by atoms with Crippen LogP contribution in [0.3, 0.4) is 0 Å². The van der Waals surface area contributed by atoms with E-state index >= 15 is 0 Å². The summed E-state index contributed by atoms with van der Waals surface area (Å²) in [6, 6.07) is 0. The molecule has 0 bridgehead atoms. The van der Waals surface area contributed by atoms with E-state index < -0.39 is 0 Å². The van der Waals surface area contributed by atoms with Gasteiger partial charge in [0.25, 0.3) is 0 Å². The summed E-state index contributed by atoms with van der Waals surface area (Å²) in [6.07, 6.45) is 5.67. The molecular weight excluding hydrogens is 200 g/mol. The summed E-state index contributed by atoms with van der Waals surface area (Å²) in [6.45, 7) is 7.01. The van der Waals surface area contributed by atoms with Gasteiger partial charge in [-0.3, -0.25) is 4.79 Å². The second kappa shape index (κ2) is 9.25. The Balaban J connectivity index is 4.39. The summed E-state index contributed by atoms with van der Waals surface area (Å²) >= 11 is 0. The molecule has 0 rings (SSSR count). The van der Waals surface area contributed by atoms with Gasteiger partial charge in [-0.05, 0) is 19.3 Å². The van der Waals surface area contributed by atoms with Crippen LogP contribution >= 0.6 is 0 Å². The van der Waals surface area contributed by atoms with Gasteiger partial charge in [0.15, 0.2) is 0 Å². The van der Waals surface area contributed by atoms with E-state index in [2.05, 4.69) is 26.1 Å². The third-order valence-corrected chi connectivity index (χ3v) is 2.50. The number of carbonyl (C=O) groups is 1. The van der Waals surface area contributed by atoms with Crippen molar-refractivity contribution in [3.8, 4) is 0 Å². The monoisotopic (exact) mass is 226 g/mol. The molecule has 0 saturated heterocycles. The molecular formula is C13H26N2O. The van der Waals surface area contributed by atoms with Crippen molar-refractivity contribution in [1.29, 1.82) is 0 Å². The standard InChI is InChI=1S/C13H26N2O/c1-4-7-10-15-13(16)11(8-5-2)12(14)9-6-3/h4-10,14H2,1-3H3,(H,15,16)/b12-11-. The summed E-state index contributed by atoms with van der Waals surface area (Å²) < 4.78 is 0. The van der Waals surface area contributed by atoms with E-state index in [9.17, 15) is 4.79 Å². The van der Waals surface area contributed by atoms with E-state index in [1.807, 2.05) is 0 Å². The van der Waals surface area contributed by atoms with Crippen LogP contribution in [-0.4, -0.2) is 12.5 Å². The lowest BCUT2D eigenvalue weighted by atomic mass is 10.0. The number of allylic oxidation sites excluding steroid dienone is 1. The molecule has 0 radical (unpaired) electrons. The fraction of sp³-hybridized carbons (Fsp3) is 0.769. The van der Waals surface area contributed by atoms with Gasteiger partial charge < -0.3 is 11.1 Å². The Kier molecular flexibility index (Phi) is 8.68. The lowest BCUT2D eigenvalue weighted by molar-refractivity contribution is -0.117. The van der Waals surface area contributed by atoms with Crippen LogP contribution in [0.25, 0.3) is 0 Å². The highest BCUT2D eigenvalue weighted by Crippen LogP contribution is 2.12. The Labute approximate surface area is 99.5 Å². The first-order valence-corrected chi connectivity index (χ1v) is 6.42. The molecule has 1 amide bonds. The van der Waals surface area contributed by atoms with Crippen molar-refractivity contribution < 1.29 is 4.79 Å². The second-order valence-corrected chi connectivity index (χ2v) is 4.11. The zero-order valence-corrected chi connectivity index (χ0v) is 10.9. The van der Waals surface area contributed by atoms with Crippen molar-refractivity contribution in [1.82, 2.24) is 5.32 Å². The first kappa shape index (κ1) is 15.0. The van der Waals surface area contributed by atoms with Crippen LogP contribution in [0.5, 0.6) is 0 Å². The topological polar surface area (TPSA) is 55.1 Å². The number of amides is 1. The van der Waals surface area contributed by atoms with Crippen LogP contribution in [0.4, 0.5) is 0 Å². The maximum atomic E-state index is 11.9. The highest BCUT2D eigenvalue weighted by Gasteiger charge is 2.11. The third-order valence-electron chi connectivity index (χ3n) is 2.50. The molecule has 16 heavy (non-hydrogen) atoms. The molecule has 3 heteroatoms. The molecule has 94 valence electrons. The fourth-order valence-corrected chi connectivity index (χ4v) is 1.58. The van der Waals surface area contributed by atoms with Gasteiger partial charge in [-0.25, -0.2) is 0 Å². The Morgan fingerprint density at radius 2 is 1.69 bits per heavy atom. The minimum Gasteiger partial charge on any atom is -0.402 e. The smallest absolute Gasteiger partial charge is 0.248 e. The van der Waals surface area contributed by atoms with Crippen molar-refractivity contribution in [2.45, 2.75) is 59.3 Å². The van der Waals surface area contributed by atoms with E-state index in [0.29, 0.717) is 0 Å². The average Bonchev–Trinajstić information content (AvgIpc) is 2.26. The highest BCUT2D eigenvalue weighted by molar-refractivity contribution is 5.93. The van der Waals surface area contributed by atoms with Gasteiger partial charge in [-0.2, -0.15) is 0 Å². The first-order valence-electron chi connectivity index (χ1n) is 6.42. The van der Waals surface area contributed by atoms with Crippen LogP contribution in [0.15, 0.2) is 11.3 Å². The van der Waals surface area contributed by atoms with E-state index in [1.165, 1.54) is 0 Å². The van der Waals surface area contributed by atoms with Gasteiger partial charge in [0.1, 0.15) is 0 Å². The number of nitrogens with two attached hydrogens (primary N) is 1. The minimum atomic E-state index is 0.0289. The van der Waals surface area contributed by atoms with E-state index in [4.69, 9.17) is 5.73 Å². The molecule has 0 aliphatic carbocycles. The predicted octanol–water partition coefficient (Wildman–Crippen LogP) is 2.72. The summed E-state index contributed by atoms with van der Waals surface area (Å²) in [5, 5.41) is 2.93. The molecule has 3 nitrogen and oxygen atoms in total. The van der Waals surface area contributed by atoms with Crippen LogP contribution < -0.4 is 11.1 Å². The zero-order chi connectivity index (χ0) is 12.4. The summed E-state index contributed by atoms with van der Waals surface area (Å²) in [4.78, 5) is 11.9. The molecule has 3 N–H and O–H groups in total. The van der Waals surface area contributed by atoms with E-state index in [-0.39, 0.29) is 5.91 Å². The van der Waals surface area contributed by atoms with E-state index in [1.54, 1.807) is 0 Å². The molecule has 0 aromatic rings. The normalized spacial score (nSPS) is 12.2. The third kappa shape index (κ3) is 5.79. The fourth-order valence-electron chi connectivity index (χ4n) is 1.58.